The summed E-state index contributed by atoms with van der Waals surface area (Å²) in [4.78, 5) is 24.3. The van der Waals surface area contributed by atoms with Crippen LogP contribution in [0.25, 0.3) is 0 Å². The number of hydrogen-bond acceptors (Lipinski definition) is 4. The number of aliphatic hydroxyl groups excluding tert-OH is 1. The molecule has 122 valence electrons. The maximum atomic E-state index is 11.7. The summed E-state index contributed by atoms with van der Waals surface area (Å²) >= 11 is 7.39. The van der Waals surface area contributed by atoms with Crippen LogP contribution in [0.2, 0.25) is 5.02 Å². The Bertz CT molecular complexity index is 702. The highest BCUT2D eigenvalue weighted by Gasteiger charge is 2.17. The summed E-state index contributed by atoms with van der Waals surface area (Å²) in [5, 5.41) is 17.3. The van der Waals surface area contributed by atoms with E-state index in [0.717, 1.165) is 16.0 Å². The molecule has 1 atom stereocenters. The quantitative estimate of drug-likeness (QED) is 0.722. The van der Waals surface area contributed by atoms with E-state index in [9.17, 15) is 14.7 Å². The molecule has 1 aromatic heterocycles. The van der Waals surface area contributed by atoms with Gasteiger partial charge in [-0.25, -0.2) is 0 Å². The van der Waals surface area contributed by atoms with Crippen molar-refractivity contribution in [1.29, 1.82) is 0 Å². The lowest BCUT2D eigenvalue weighted by molar-refractivity contribution is -0.139. The van der Waals surface area contributed by atoms with Crippen LogP contribution in [-0.2, 0) is 16.1 Å². The molecule has 0 aliphatic carbocycles. The fraction of sp³-hybridized carbons (Fsp3) is 0.250. The average molecular weight is 353 g/mol. The van der Waals surface area contributed by atoms with E-state index >= 15 is 0 Å². The number of carbonyl (C=O) groups is 2. The van der Waals surface area contributed by atoms with Gasteiger partial charge in [-0.3, -0.25) is 9.59 Å². The molecule has 7 heteroatoms. The number of rotatable bonds is 5. The minimum Gasteiger partial charge on any atom is -0.386 e. The first-order valence-electron chi connectivity index (χ1n) is 7.00. The van der Waals surface area contributed by atoms with Crippen molar-refractivity contribution in [2.45, 2.75) is 19.6 Å². The highest BCUT2D eigenvalue weighted by Crippen LogP contribution is 2.23. The molecule has 0 spiro atoms. The highest BCUT2D eigenvalue weighted by molar-refractivity contribution is 7.10. The molecular weight excluding hydrogens is 336 g/mol. The zero-order valence-electron chi connectivity index (χ0n) is 12.5. The van der Waals surface area contributed by atoms with E-state index in [1.807, 2.05) is 18.4 Å². The molecule has 0 unspecified atom stereocenters. The molecule has 1 heterocycles. The van der Waals surface area contributed by atoms with Crippen molar-refractivity contribution in [3.05, 3.63) is 56.7 Å². The molecule has 2 aromatic rings. The molecule has 0 radical (unpaired) electrons. The normalized spacial score (nSPS) is 11.8. The summed E-state index contributed by atoms with van der Waals surface area (Å²) in [6.45, 7) is 2.03. The van der Waals surface area contributed by atoms with Crippen molar-refractivity contribution < 1.29 is 14.7 Å². The van der Waals surface area contributed by atoms with E-state index < -0.39 is 17.9 Å². The Morgan fingerprint density at radius 1 is 1.22 bits per heavy atom. The topological polar surface area (TPSA) is 78.4 Å². The predicted molar refractivity (Wildman–Crippen MR) is 90.3 cm³/mol. The molecule has 0 bridgehead atoms. The van der Waals surface area contributed by atoms with Gasteiger partial charge in [-0.2, -0.15) is 0 Å². The molecular formula is C16H17ClN2O3S. The van der Waals surface area contributed by atoms with Crippen molar-refractivity contribution in [2.75, 3.05) is 6.54 Å². The summed E-state index contributed by atoms with van der Waals surface area (Å²) < 4.78 is 0. The first-order valence-corrected chi connectivity index (χ1v) is 8.26. The summed E-state index contributed by atoms with van der Waals surface area (Å²) in [5.41, 5.74) is 1.68. The van der Waals surface area contributed by atoms with Gasteiger partial charge < -0.3 is 15.7 Å². The van der Waals surface area contributed by atoms with E-state index in [1.54, 1.807) is 24.3 Å². The molecule has 0 aliphatic rings. The summed E-state index contributed by atoms with van der Waals surface area (Å²) in [6, 6.07) is 8.95. The Hall–Kier alpha value is -1.89. The SMILES string of the molecule is Cc1ccsc1[C@H](O)CNC(=O)C(=O)NCc1ccccc1Cl. The van der Waals surface area contributed by atoms with E-state index in [0.29, 0.717) is 5.02 Å². The lowest BCUT2D eigenvalue weighted by Gasteiger charge is -2.12. The highest BCUT2D eigenvalue weighted by atomic mass is 35.5. The van der Waals surface area contributed by atoms with Crippen LogP contribution in [0, 0.1) is 6.92 Å². The molecule has 5 nitrogen and oxygen atoms in total. The lowest BCUT2D eigenvalue weighted by Crippen LogP contribution is -2.41. The van der Waals surface area contributed by atoms with Crippen LogP contribution in [0.4, 0.5) is 0 Å². The Labute approximate surface area is 143 Å². The smallest absolute Gasteiger partial charge is 0.309 e. The molecule has 23 heavy (non-hydrogen) atoms. The maximum absolute atomic E-state index is 11.7. The Kier molecular flexibility index (Phi) is 6.15. The Morgan fingerprint density at radius 2 is 1.91 bits per heavy atom. The van der Waals surface area contributed by atoms with Gasteiger partial charge in [0.15, 0.2) is 0 Å². The van der Waals surface area contributed by atoms with E-state index in [-0.39, 0.29) is 13.1 Å². The summed E-state index contributed by atoms with van der Waals surface area (Å²) in [5.74, 6) is -1.55. The first kappa shape index (κ1) is 17.5. The number of hydrogen-bond donors (Lipinski definition) is 3. The number of nitrogens with one attached hydrogen (secondary N) is 2. The van der Waals surface area contributed by atoms with Crippen LogP contribution in [-0.4, -0.2) is 23.5 Å². The molecule has 2 rings (SSSR count). The monoisotopic (exact) mass is 352 g/mol. The van der Waals surface area contributed by atoms with Crippen molar-refractivity contribution in [1.82, 2.24) is 10.6 Å². The second-order valence-corrected chi connectivity index (χ2v) is 6.32. The number of thiophene rings is 1. The average Bonchev–Trinajstić information content (AvgIpc) is 2.97. The van der Waals surface area contributed by atoms with Gasteiger partial charge in [0.1, 0.15) is 6.10 Å². The fourth-order valence-corrected chi connectivity index (χ4v) is 3.10. The van der Waals surface area contributed by atoms with Gasteiger partial charge in [-0.1, -0.05) is 29.8 Å². The third-order valence-electron chi connectivity index (χ3n) is 3.26. The van der Waals surface area contributed by atoms with Crippen LogP contribution >= 0.6 is 22.9 Å². The number of amides is 2. The minimum atomic E-state index is -0.824. The van der Waals surface area contributed by atoms with Gasteiger partial charge in [0.25, 0.3) is 0 Å². The van der Waals surface area contributed by atoms with Gasteiger partial charge in [0.05, 0.1) is 0 Å². The van der Waals surface area contributed by atoms with Crippen LogP contribution in [0.5, 0.6) is 0 Å². The van der Waals surface area contributed by atoms with Crippen molar-refractivity contribution in [3.8, 4) is 0 Å². The van der Waals surface area contributed by atoms with E-state index in [1.165, 1.54) is 11.3 Å². The standard InChI is InChI=1S/C16H17ClN2O3S/c1-10-6-7-23-14(10)13(20)9-19-16(22)15(21)18-8-11-4-2-3-5-12(11)17/h2-7,13,20H,8-9H2,1H3,(H,18,21)(H,19,22)/t13-/m1/s1. The van der Waals surface area contributed by atoms with Gasteiger partial charge >= 0.3 is 11.8 Å². The number of halogens is 1. The van der Waals surface area contributed by atoms with Crippen LogP contribution in [0.3, 0.4) is 0 Å². The zero-order chi connectivity index (χ0) is 16.8. The maximum Gasteiger partial charge on any atom is 0.309 e. The zero-order valence-corrected chi connectivity index (χ0v) is 14.1. The van der Waals surface area contributed by atoms with Crippen LogP contribution in [0.1, 0.15) is 22.1 Å². The van der Waals surface area contributed by atoms with Crippen LogP contribution < -0.4 is 10.6 Å². The predicted octanol–water partition coefficient (Wildman–Crippen LogP) is 2.18. The number of benzene rings is 1. The first-order chi connectivity index (χ1) is 11.0. The van der Waals surface area contributed by atoms with Crippen LogP contribution in [0.15, 0.2) is 35.7 Å². The third-order valence-corrected chi connectivity index (χ3v) is 4.75. The Morgan fingerprint density at radius 3 is 2.57 bits per heavy atom. The molecule has 0 saturated carbocycles. The molecule has 2 amide bonds. The van der Waals surface area contributed by atoms with E-state index in [2.05, 4.69) is 10.6 Å². The van der Waals surface area contributed by atoms with Gasteiger partial charge in [0.2, 0.25) is 0 Å². The second kappa shape index (κ2) is 8.10. The summed E-state index contributed by atoms with van der Waals surface area (Å²) in [6.07, 6.45) is -0.824. The minimum absolute atomic E-state index is 0.0142. The lowest BCUT2D eigenvalue weighted by atomic mass is 10.2. The van der Waals surface area contributed by atoms with E-state index in [4.69, 9.17) is 11.6 Å². The van der Waals surface area contributed by atoms with Crippen molar-refractivity contribution in [2.24, 2.45) is 0 Å². The third kappa shape index (κ3) is 4.79. The number of aryl methyl sites for hydroxylation is 1. The largest absolute Gasteiger partial charge is 0.386 e. The molecule has 0 saturated heterocycles. The molecule has 0 aliphatic heterocycles. The fourth-order valence-electron chi connectivity index (χ4n) is 1.99. The number of carbonyl (C=O) groups excluding carboxylic acids is 2. The van der Waals surface area contributed by atoms with Gasteiger partial charge in [0, 0.05) is 23.0 Å². The molecule has 1 aromatic carbocycles. The number of aliphatic hydroxyl groups is 1. The molecule has 3 N–H and O–H groups in total. The van der Waals surface area contributed by atoms with Gasteiger partial charge in [-0.05, 0) is 35.6 Å². The molecule has 0 fully saturated rings. The summed E-state index contributed by atoms with van der Waals surface area (Å²) in [7, 11) is 0. The Balaban J connectivity index is 1.80. The van der Waals surface area contributed by atoms with Crippen molar-refractivity contribution >= 4 is 34.8 Å². The van der Waals surface area contributed by atoms with Crippen molar-refractivity contribution in [3.63, 3.8) is 0 Å². The van der Waals surface area contributed by atoms with Gasteiger partial charge in [-0.15, -0.1) is 11.3 Å². The second-order valence-electron chi connectivity index (χ2n) is 4.97.